The number of hydrogen-bond acceptors (Lipinski definition) is 4. The zero-order chi connectivity index (χ0) is 20.1. The van der Waals surface area contributed by atoms with Gasteiger partial charge < -0.3 is 9.64 Å². The molecule has 0 aliphatic carbocycles. The van der Waals surface area contributed by atoms with Gasteiger partial charge in [0.25, 0.3) is 0 Å². The quantitative estimate of drug-likeness (QED) is 0.740. The number of fused-ring (bicyclic) bond motifs is 1. The fraction of sp³-hybridized carbons (Fsp3) is 0.526. The van der Waals surface area contributed by atoms with Gasteiger partial charge in [-0.25, -0.2) is 0 Å². The Morgan fingerprint density at radius 2 is 1.96 bits per heavy atom. The van der Waals surface area contributed by atoms with Gasteiger partial charge >= 0.3 is 6.18 Å². The largest absolute Gasteiger partial charge is 0.481 e. The van der Waals surface area contributed by atoms with Crippen molar-refractivity contribution in [3.63, 3.8) is 0 Å². The van der Waals surface area contributed by atoms with Crippen molar-refractivity contribution in [3.8, 4) is 5.75 Å². The van der Waals surface area contributed by atoms with Crippen LogP contribution in [0.2, 0.25) is 0 Å². The van der Waals surface area contributed by atoms with Crippen molar-refractivity contribution < 1.29 is 27.5 Å². The van der Waals surface area contributed by atoms with Crippen molar-refractivity contribution in [1.29, 1.82) is 0 Å². The number of likely N-dealkylation sites (N-methyl/N-ethyl adjacent to an activating group) is 1. The summed E-state index contributed by atoms with van der Waals surface area (Å²) in [6.07, 6.45) is -3.48. The number of carbonyl (C=O) groups is 1. The van der Waals surface area contributed by atoms with Crippen molar-refractivity contribution in [3.05, 3.63) is 34.5 Å². The Morgan fingerprint density at radius 3 is 2.48 bits per heavy atom. The number of alkyl halides is 3. The number of rotatable bonds is 3. The number of amides is 1. The second-order valence-corrected chi connectivity index (χ2v) is 7.25. The highest BCUT2D eigenvalue weighted by Crippen LogP contribution is 2.48. The first-order valence-corrected chi connectivity index (χ1v) is 8.72. The summed E-state index contributed by atoms with van der Waals surface area (Å²) in [5.41, 5.74) is -0.382. The van der Waals surface area contributed by atoms with Crippen LogP contribution >= 0.6 is 0 Å². The summed E-state index contributed by atoms with van der Waals surface area (Å²) in [4.78, 5) is 19.4. The molecule has 0 spiro atoms. The fourth-order valence-corrected chi connectivity index (χ4v) is 3.87. The van der Waals surface area contributed by atoms with Crippen molar-refractivity contribution in [1.82, 2.24) is 9.96 Å². The number of carbonyl (C=O) groups excluding carboxylic acids is 1. The maximum Gasteiger partial charge on any atom is 0.416 e. The first-order chi connectivity index (χ1) is 12.5. The number of hydroxylamine groups is 2. The molecule has 8 heteroatoms. The van der Waals surface area contributed by atoms with Gasteiger partial charge in [-0.2, -0.15) is 13.2 Å². The lowest BCUT2D eigenvalue weighted by molar-refractivity contribution is -0.138. The predicted molar refractivity (Wildman–Crippen MR) is 93.5 cm³/mol. The zero-order valence-corrected chi connectivity index (χ0v) is 16.0. The van der Waals surface area contributed by atoms with Crippen molar-refractivity contribution in [2.75, 3.05) is 20.7 Å². The molecule has 0 saturated carbocycles. The molecule has 2 aliphatic heterocycles. The molecule has 0 unspecified atom stereocenters. The molecule has 5 nitrogen and oxygen atoms in total. The third-order valence-corrected chi connectivity index (χ3v) is 5.06. The van der Waals surface area contributed by atoms with E-state index in [-0.39, 0.29) is 11.5 Å². The van der Waals surface area contributed by atoms with Gasteiger partial charge in [-0.3, -0.25) is 14.7 Å². The minimum Gasteiger partial charge on any atom is -0.481 e. The molecule has 2 heterocycles. The maximum absolute atomic E-state index is 13.5. The highest BCUT2D eigenvalue weighted by Gasteiger charge is 2.44. The number of benzene rings is 1. The second-order valence-electron chi connectivity index (χ2n) is 7.25. The molecule has 1 aromatic carbocycles. The van der Waals surface area contributed by atoms with Crippen LogP contribution in [-0.4, -0.2) is 42.2 Å². The van der Waals surface area contributed by atoms with Crippen LogP contribution in [0.25, 0.3) is 5.70 Å². The van der Waals surface area contributed by atoms with E-state index in [1.807, 2.05) is 0 Å². The normalized spacial score (nSPS) is 19.3. The van der Waals surface area contributed by atoms with Crippen LogP contribution in [0, 0.1) is 6.92 Å². The van der Waals surface area contributed by atoms with Crippen LogP contribution in [-0.2, 0) is 15.8 Å². The van der Waals surface area contributed by atoms with E-state index in [9.17, 15) is 18.0 Å². The average Bonchev–Trinajstić information content (AvgIpc) is 2.97. The van der Waals surface area contributed by atoms with E-state index >= 15 is 0 Å². The third-order valence-electron chi connectivity index (χ3n) is 5.06. The van der Waals surface area contributed by atoms with Gasteiger partial charge in [0, 0.05) is 25.6 Å². The molecule has 27 heavy (non-hydrogen) atoms. The van der Waals surface area contributed by atoms with Gasteiger partial charge in [0.15, 0.2) is 0 Å². The first kappa shape index (κ1) is 19.5. The summed E-state index contributed by atoms with van der Waals surface area (Å²) < 4.78 is 46.5. The summed E-state index contributed by atoms with van der Waals surface area (Å²) in [6, 6.07) is 2.36. The van der Waals surface area contributed by atoms with E-state index in [2.05, 4.69) is 0 Å². The molecular weight excluding hydrogens is 361 g/mol. The van der Waals surface area contributed by atoms with E-state index in [0.717, 1.165) is 6.07 Å². The Bertz CT molecular complexity index is 815. The molecular formula is C19H23F3N2O3. The van der Waals surface area contributed by atoms with Crippen LogP contribution in [0.1, 0.15) is 43.4 Å². The Kier molecular flexibility index (Phi) is 4.66. The Balaban J connectivity index is 2.37. The average molecular weight is 384 g/mol. The smallest absolute Gasteiger partial charge is 0.416 e. The molecule has 148 valence electrons. The van der Waals surface area contributed by atoms with Gasteiger partial charge in [-0.1, -0.05) is 0 Å². The molecule has 1 aromatic rings. The van der Waals surface area contributed by atoms with E-state index in [0.29, 0.717) is 42.1 Å². The summed E-state index contributed by atoms with van der Waals surface area (Å²) in [7, 11) is 3.11. The van der Waals surface area contributed by atoms with Crippen LogP contribution in [0.5, 0.6) is 5.75 Å². The van der Waals surface area contributed by atoms with Gasteiger partial charge in [-0.05, 0) is 44.9 Å². The molecule has 3 rings (SSSR count). The highest BCUT2D eigenvalue weighted by molar-refractivity contribution is 5.92. The summed E-state index contributed by atoms with van der Waals surface area (Å²) in [5, 5.41) is 1.45. The molecule has 0 N–H and O–H groups in total. The SMILES string of the molecule is CON(C)C1=C(N2CCCC2=O)c2c(ccc(C(F)(F)F)c2C)OC1(C)C. The third kappa shape index (κ3) is 3.16. The van der Waals surface area contributed by atoms with E-state index in [1.165, 1.54) is 25.2 Å². The molecule has 0 aromatic heterocycles. The maximum atomic E-state index is 13.5. The summed E-state index contributed by atoms with van der Waals surface area (Å²) in [5.74, 6) is 0.209. The second kappa shape index (κ2) is 6.44. The van der Waals surface area contributed by atoms with E-state index < -0.39 is 17.3 Å². The lowest BCUT2D eigenvalue weighted by Gasteiger charge is -2.42. The fourth-order valence-electron chi connectivity index (χ4n) is 3.87. The minimum absolute atomic E-state index is 0.0344. The Labute approximate surface area is 156 Å². The minimum atomic E-state index is -4.50. The molecule has 1 saturated heterocycles. The highest BCUT2D eigenvalue weighted by atomic mass is 19.4. The molecule has 0 radical (unpaired) electrons. The standard InChI is InChI=1S/C19H23F3N2O3/c1-11-12(19(20,21)22)8-9-13-15(11)16(24-10-6-7-14(24)25)17(23(4)26-5)18(2,3)27-13/h8-9H,6-7,10H2,1-5H3. The van der Waals surface area contributed by atoms with E-state index in [1.54, 1.807) is 25.8 Å². The molecule has 1 amide bonds. The lowest BCUT2D eigenvalue weighted by Crippen LogP contribution is -2.45. The van der Waals surface area contributed by atoms with Crippen LogP contribution in [0.15, 0.2) is 17.8 Å². The van der Waals surface area contributed by atoms with Crippen molar-refractivity contribution in [2.45, 2.75) is 45.4 Å². The Morgan fingerprint density at radius 1 is 1.30 bits per heavy atom. The zero-order valence-electron chi connectivity index (χ0n) is 16.0. The summed E-state index contributed by atoms with van der Waals surface area (Å²) >= 11 is 0. The predicted octanol–water partition coefficient (Wildman–Crippen LogP) is 3.97. The topological polar surface area (TPSA) is 42.0 Å². The van der Waals surface area contributed by atoms with Gasteiger partial charge in [0.2, 0.25) is 5.91 Å². The van der Waals surface area contributed by atoms with Crippen LogP contribution < -0.4 is 4.74 Å². The molecule has 1 fully saturated rings. The van der Waals surface area contributed by atoms with Crippen molar-refractivity contribution >= 4 is 11.6 Å². The number of likely N-dealkylation sites (tertiary alicyclic amines) is 1. The lowest BCUT2D eigenvalue weighted by atomic mass is 9.89. The van der Waals surface area contributed by atoms with Crippen LogP contribution in [0.3, 0.4) is 0 Å². The number of hydrogen-bond donors (Lipinski definition) is 0. The van der Waals surface area contributed by atoms with E-state index in [4.69, 9.17) is 9.57 Å². The summed E-state index contributed by atoms with van der Waals surface area (Å²) in [6.45, 7) is 5.46. The van der Waals surface area contributed by atoms with Gasteiger partial charge in [-0.15, -0.1) is 0 Å². The van der Waals surface area contributed by atoms with Crippen molar-refractivity contribution in [2.24, 2.45) is 0 Å². The monoisotopic (exact) mass is 384 g/mol. The first-order valence-electron chi connectivity index (χ1n) is 8.72. The van der Waals surface area contributed by atoms with Gasteiger partial charge in [0.1, 0.15) is 17.0 Å². The molecule has 0 bridgehead atoms. The number of halogens is 3. The number of ether oxygens (including phenoxy) is 1. The molecule has 0 atom stereocenters. The Hall–Kier alpha value is -2.22. The van der Waals surface area contributed by atoms with Gasteiger partial charge in [0.05, 0.1) is 18.4 Å². The number of nitrogens with zero attached hydrogens (tertiary/aromatic N) is 2. The van der Waals surface area contributed by atoms with Crippen LogP contribution in [0.4, 0.5) is 13.2 Å². The molecule has 2 aliphatic rings.